The van der Waals surface area contributed by atoms with Crippen LogP contribution in [0, 0.1) is 16.7 Å². The van der Waals surface area contributed by atoms with Crippen LogP contribution in [-0.4, -0.2) is 37.6 Å². The Morgan fingerprint density at radius 2 is 1.75 bits per heavy atom. The zero-order valence-corrected chi connectivity index (χ0v) is 14.6. The van der Waals surface area contributed by atoms with Gasteiger partial charge in [0.1, 0.15) is 0 Å². The topological polar surface area (TPSA) is 29.5 Å². The molecule has 0 fully saturated rings. The lowest BCUT2D eigenvalue weighted by Crippen LogP contribution is -2.39. The highest BCUT2D eigenvalue weighted by molar-refractivity contribution is 5.83. The molecule has 0 aromatic carbocycles. The lowest BCUT2D eigenvalue weighted by atomic mass is 9.91. The predicted molar refractivity (Wildman–Crippen MR) is 85.7 cm³/mol. The maximum Gasteiger partial charge on any atom is 0.231 e. The molecule has 0 saturated heterocycles. The van der Waals surface area contributed by atoms with Gasteiger partial charge in [0.25, 0.3) is 0 Å². The third kappa shape index (κ3) is 8.36. The van der Waals surface area contributed by atoms with Gasteiger partial charge in [0.2, 0.25) is 5.91 Å². The van der Waals surface area contributed by atoms with Crippen LogP contribution in [0.25, 0.3) is 0 Å². The standard InChI is InChI=1S/C17H33NO2/c1-14(2)12-18(8)15(19)17(6,7)10-9-11-20-13-16(3,4)5/h9-10,14H,11-13H2,1-8H3/b10-9+. The number of hydrogen-bond acceptors (Lipinski definition) is 2. The van der Waals surface area contributed by atoms with Crippen molar-refractivity contribution in [2.75, 3.05) is 26.8 Å². The first kappa shape index (κ1) is 19.2. The molecule has 3 nitrogen and oxygen atoms in total. The Morgan fingerprint density at radius 3 is 2.20 bits per heavy atom. The molecule has 0 aromatic heterocycles. The Bertz CT molecular complexity index is 324. The number of hydrogen-bond donors (Lipinski definition) is 0. The lowest BCUT2D eigenvalue weighted by molar-refractivity contribution is -0.137. The highest BCUT2D eigenvalue weighted by atomic mass is 16.5. The summed E-state index contributed by atoms with van der Waals surface area (Å²) in [5.41, 5.74) is -0.300. The second-order valence-electron chi connectivity index (χ2n) is 7.78. The Labute approximate surface area is 125 Å². The van der Waals surface area contributed by atoms with Crippen molar-refractivity contribution in [2.45, 2.75) is 48.5 Å². The van der Waals surface area contributed by atoms with E-state index in [1.165, 1.54) is 0 Å². The van der Waals surface area contributed by atoms with Crippen molar-refractivity contribution in [2.24, 2.45) is 16.7 Å². The SMILES string of the molecule is CC(C)CN(C)C(=O)C(C)(C)/C=C/COCC(C)(C)C. The summed E-state index contributed by atoms with van der Waals surface area (Å²) in [5, 5.41) is 0. The van der Waals surface area contributed by atoms with Crippen LogP contribution in [0.15, 0.2) is 12.2 Å². The monoisotopic (exact) mass is 283 g/mol. The molecule has 0 spiro atoms. The number of carbonyl (C=O) groups excluding carboxylic acids is 1. The summed E-state index contributed by atoms with van der Waals surface area (Å²) in [6.45, 7) is 16.6. The fourth-order valence-electron chi connectivity index (χ4n) is 1.97. The minimum absolute atomic E-state index is 0.151. The van der Waals surface area contributed by atoms with Crippen molar-refractivity contribution >= 4 is 5.91 Å². The molecule has 0 aliphatic carbocycles. The molecule has 0 aliphatic heterocycles. The lowest BCUT2D eigenvalue weighted by Gasteiger charge is -2.28. The summed E-state index contributed by atoms with van der Waals surface area (Å²) in [6, 6.07) is 0. The Morgan fingerprint density at radius 1 is 1.20 bits per heavy atom. The summed E-state index contributed by atoms with van der Waals surface area (Å²) in [4.78, 5) is 14.2. The van der Waals surface area contributed by atoms with Gasteiger partial charge in [-0.1, -0.05) is 46.8 Å². The van der Waals surface area contributed by atoms with Crippen LogP contribution in [0.3, 0.4) is 0 Å². The van der Waals surface area contributed by atoms with Gasteiger partial charge in [0.15, 0.2) is 0 Å². The zero-order chi connectivity index (χ0) is 16.0. The van der Waals surface area contributed by atoms with Gasteiger partial charge in [-0.2, -0.15) is 0 Å². The number of nitrogens with zero attached hydrogens (tertiary/aromatic N) is 1. The summed E-state index contributed by atoms with van der Waals surface area (Å²) >= 11 is 0. The Kier molecular flexibility index (Phi) is 7.50. The molecule has 0 aromatic rings. The molecule has 0 atom stereocenters. The average molecular weight is 283 g/mol. The van der Waals surface area contributed by atoms with Gasteiger partial charge in [0.05, 0.1) is 18.6 Å². The molecule has 118 valence electrons. The Hall–Kier alpha value is -0.830. The molecular formula is C17H33NO2. The van der Waals surface area contributed by atoms with E-state index in [9.17, 15) is 4.79 Å². The highest BCUT2D eigenvalue weighted by Gasteiger charge is 2.27. The molecule has 20 heavy (non-hydrogen) atoms. The molecule has 1 amide bonds. The molecule has 0 radical (unpaired) electrons. The van der Waals surface area contributed by atoms with Gasteiger partial charge in [-0.3, -0.25) is 4.79 Å². The molecule has 0 saturated carbocycles. The van der Waals surface area contributed by atoms with Crippen molar-refractivity contribution in [1.29, 1.82) is 0 Å². The molecular weight excluding hydrogens is 250 g/mol. The zero-order valence-electron chi connectivity index (χ0n) is 14.6. The normalized spacial score (nSPS) is 13.2. The third-order valence-corrected chi connectivity index (χ3v) is 2.82. The van der Waals surface area contributed by atoms with Crippen molar-refractivity contribution in [3.8, 4) is 0 Å². The second kappa shape index (κ2) is 7.82. The second-order valence-corrected chi connectivity index (χ2v) is 7.78. The summed E-state index contributed by atoms with van der Waals surface area (Å²) in [6.07, 6.45) is 3.90. The van der Waals surface area contributed by atoms with E-state index in [4.69, 9.17) is 4.74 Å². The number of ether oxygens (including phenoxy) is 1. The third-order valence-electron chi connectivity index (χ3n) is 2.82. The minimum Gasteiger partial charge on any atom is -0.377 e. The van der Waals surface area contributed by atoms with E-state index in [-0.39, 0.29) is 11.3 Å². The van der Waals surface area contributed by atoms with Gasteiger partial charge < -0.3 is 9.64 Å². The molecule has 0 N–H and O–H groups in total. The van der Waals surface area contributed by atoms with E-state index < -0.39 is 5.41 Å². The maximum atomic E-state index is 12.4. The van der Waals surface area contributed by atoms with Gasteiger partial charge in [-0.15, -0.1) is 0 Å². The van der Waals surface area contributed by atoms with Crippen molar-refractivity contribution in [3.05, 3.63) is 12.2 Å². The smallest absolute Gasteiger partial charge is 0.231 e. The van der Waals surface area contributed by atoms with E-state index in [1.807, 2.05) is 37.9 Å². The summed E-state index contributed by atoms with van der Waals surface area (Å²) in [7, 11) is 1.87. The van der Waals surface area contributed by atoms with Crippen LogP contribution in [-0.2, 0) is 9.53 Å². The molecule has 0 aliphatic rings. The number of amides is 1. The van der Waals surface area contributed by atoms with Gasteiger partial charge >= 0.3 is 0 Å². The fourth-order valence-corrected chi connectivity index (χ4v) is 1.97. The molecule has 0 unspecified atom stereocenters. The molecule has 0 heterocycles. The molecule has 0 bridgehead atoms. The average Bonchev–Trinajstić information content (AvgIpc) is 2.24. The van der Waals surface area contributed by atoms with Crippen molar-refractivity contribution in [1.82, 2.24) is 4.90 Å². The van der Waals surface area contributed by atoms with E-state index in [0.29, 0.717) is 12.5 Å². The van der Waals surface area contributed by atoms with Crippen LogP contribution in [0.5, 0.6) is 0 Å². The highest BCUT2D eigenvalue weighted by Crippen LogP contribution is 2.21. The van der Waals surface area contributed by atoms with Crippen LogP contribution >= 0.6 is 0 Å². The van der Waals surface area contributed by atoms with E-state index in [2.05, 4.69) is 34.6 Å². The van der Waals surface area contributed by atoms with Crippen LogP contribution in [0.1, 0.15) is 48.5 Å². The minimum atomic E-state index is -0.477. The Balaban J connectivity index is 4.32. The van der Waals surface area contributed by atoms with Gasteiger partial charge in [-0.25, -0.2) is 0 Å². The van der Waals surface area contributed by atoms with Gasteiger partial charge in [0, 0.05) is 13.6 Å². The van der Waals surface area contributed by atoms with Crippen molar-refractivity contribution in [3.63, 3.8) is 0 Å². The van der Waals surface area contributed by atoms with E-state index in [0.717, 1.165) is 13.2 Å². The summed E-state index contributed by atoms with van der Waals surface area (Å²) in [5.74, 6) is 0.636. The number of carbonyl (C=O) groups is 1. The fraction of sp³-hybridized carbons (Fsp3) is 0.824. The first-order chi connectivity index (χ1) is 8.96. The van der Waals surface area contributed by atoms with Crippen molar-refractivity contribution < 1.29 is 9.53 Å². The number of rotatable bonds is 7. The van der Waals surface area contributed by atoms with Crippen LogP contribution < -0.4 is 0 Å². The maximum absolute atomic E-state index is 12.4. The van der Waals surface area contributed by atoms with E-state index in [1.54, 1.807) is 0 Å². The predicted octanol–water partition coefficient (Wildman–Crippen LogP) is 3.75. The van der Waals surface area contributed by atoms with Gasteiger partial charge in [-0.05, 0) is 25.2 Å². The summed E-state index contributed by atoms with van der Waals surface area (Å²) < 4.78 is 5.59. The van der Waals surface area contributed by atoms with Crippen LogP contribution in [0.2, 0.25) is 0 Å². The largest absolute Gasteiger partial charge is 0.377 e. The quantitative estimate of drug-likeness (QED) is 0.526. The molecule has 0 rings (SSSR count). The van der Waals surface area contributed by atoms with E-state index >= 15 is 0 Å². The van der Waals surface area contributed by atoms with Crippen LogP contribution in [0.4, 0.5) is 0 Å². The first-order valence-corrected chi connectivity index (χ1v) is 7.47. The molecule has 3 heteroatoms. The first-order valence-electron chi connectivity index (χ1n) is 7.47.